The third-order valence-corrected chi connectivity index (χ3v) is 2.70. The first-order valence-corrected chi connectivity index (χ1v) is 5.81. The van der Waals surface area contributed by atoms with Crippen LogP contribution in [0.2, 0.25) is 0 Å². The third-order valence-electron chi connectivity index (χ3n) is 2.70. The maximum absolute atomic E-state index is 11.1. The molecule has 0 aromatic heterocycles. The van der Waals surface area contributed by atoms with E-state index in [2.05, 4.69) is 5.32 Å². The monoisotopic (exact) mass is 252 g/mol. The summed E-state index contributed by atoms with van der Waals surface area (Å²) in [5.74, 6) is 0.631. The summed E-state index contributed by atoms with van der Waals surface area (Å²) in [7, 11) is 5.10. The molecule has 5 heteroatoms. The number of amides is 1. The summed E-state index contributed by atoms with van der Waals surface area (Å²) in [6.07, 6.45) is 0.474. The topological polar surface area (TPSA) is 61.8 Å². The summed E-state index contributed by atoms with van der Waals surface area (Å²) in [4.78, 5) is 13.2. The SMILES string of the molecule is CNC(=O)CCN(C)Cc1ccc(O)c(OC)c1. The predicted molar refractivity (Wildman–Crippen MR) is 69.7 cm³/mol. The number of carbonyl (C=O) groups excluding carboxylic acids is 1. The summed E-state index contributed by atoms with van der Waals surface area (Å²) in [5.41, 5.74) is 1.03. The maximum Gasteiger partial charge on any atom is 0.221 e. The molecule has 0 unspecified atom stereocenters. The molecule has 0 heterocycles. The Bertz CT molecular complexity index is 407. The van der Waals surface area contributed by atoms with Gasteiger partial charge in [0, 0.05) is 26.6 Å². The molecule has 100 valence electrons. The number of nitrogens with zero attached hydrogens (tertiary/aromatic N) is 1. The van der Waals surface area contributed by atoms with Gasteiger partial charge in [-0.15, -0.1) is 0 Å². The Labute approximate surface area is 107 Å². The van der Waals surface area contributed by atoms with Crippen LogP contribution in [-0.4, -0.2) is 43.7 Å². The number of methoxy groups -OCH3 is 1. The lowest BCUT2D eigenvalue weighted by Gasteiger charge is -2.16. The largest absolute Gasteiger partial charge is 0.504 e. The number of phenolic OH excluding ortho intramolecular Hbond substituents is 1. The molecule has 1 aromatic carbocycles. The van der Waals surface area contributed by atoms with Gasteiger partial charge in [0.1, 0.15) is 0 Å². The molecule has 0 fully saturated rings. The van der Waals surface area contributed by atoms with Crippen molar-refractivity contribution in [2.24, 2.45) is 0 Å². The molecule has 2 N–H and O–H groups in total. The van der Waals surface area contributed by atoms with Gasteiger partial charge in [0.25, 0.3) is 0 Å². The van der Waals surface area contributed by atoms with Gasteiger partial charge in [0.05, 0.1) is 7.11 Å². The average Bonchev–Trinajstić information content (AvgIpc) is 2.38. The van der Waals surface area contributed by atoms with E-state index in [1.807, 2.05) is 18.0 Å². The maximum atomic E-state index is 11.1. The fourth-order valence-electron chi connectivity index (χ4n) is 1.63. The van der Waals surface area contributed by atoms with Crippen molar-refractivity contribution in [1.29, 1.82) is 0 Å². The molecule has 0 saturated heterocycles. The molecule has 0 spiro atoms. The Morgan fingerprint density at radius 1 is 1.50 bits per heavy atom. The molecule has 1 amide bonds. The standard InChI is InChI=1S/C13H20N2O3/c1-14-13(17)6-7-15(2)9-10-4-5-11(16)12(8-10)18-3/h4-5,8,16H,6-7,9H2,1-3H3,(H,14,17). The highest BCUT2D eigenvalue weighted by molar-refractivity contribution is 5.75. The lowest BCUT2D eigenvalue weighted by atomic mass is 10.2. The van der Waals surface area contributed by atoms with E-state index in [0.29, 0.717) is 25.3 Å². The van der Waals surface area contributed by atoms with Gasteiger partial charge in [-0.05, 0) is 24.7 Å². The summed E-state index contributed by atoms with van der Waals surface area (Å²) in [6, 6.07) is 5.25. The number of benzene rings is 1. The number of ether oxygens (including phenoxy) is 1. The quantitative estimate of drug-likeness (QED) is 0.792. The predicted octanol–water partition coefficient (Wildman–Crippen LogP) is 0.969. The number of aromatic hydroxyl groups is 1. The van der Waals surface area contributed by atoms with Crippen LogP contribution in [0.1, 0.15) is 12.0 Å². The number of rotatable bonds is 6. The van der Waals surface area contributed by atoms with Gasteiger partial charge >= 0.3 is 0 Å². The molecule has 0 atom stereocenters. The lowest BCUT2D eigenvalue weighted by molar-refractivity contribution is -0.120. The number of phenols is 1. The normalized spacial score (nSPS) is 10.4. The van der Waals surface area contributed by atoms with Crippen LogP contribution in [0.15, 0.2) is 18.2 Å². The van der Waals surface area contributed by atoms with E-state index in [1.54, 1.807) is 19.2 Å². The minimum absolute atomic E-state index is 0.0325. The van der Waals surface area contributed by atoms with Crippen LogP contribution in [0.5, 0.6) is 11.5 Å². The van der Waals surface area contributed by atoms with E-state index < -0.39 is 0 Å². The highest BCUT2D eigenvalue weighted by atomic mass is 16.5. The van der Waals surface area contributed by atoms with Crippen LogP contribution in [0.3, 0.4) is 0 Å². The Morgan fingerprint density at radius 3 is 2.83 bits per heavy atom. The Kier molecular flexibility index (Phi) is 5.45. The molecule has 0 aliphatic rings. The lowest BCUT2D eigenvalue weighted by Crippen LogP contribution is -2.26. The molecule has 0 saturated carbocycles. The first-order chi connectivity index (χ1) is 8.56. The zero-order valence-electron chi connectivity index (χ0n) is 11.1. The fraction of sp³-hybridized carbons (Fsp3) is 0.462. The van der Waals surface area contributed by atoms with Crippen molar-refractivity contribution < 1.29 is 14.6 Å². The summed E-state index contributed by atoms with van der Waals surface area (Å²) >= 11 is 0. The van der Waals surface area contributed by atoms with Gasteiger partial charge in [0.2, 0.25) is 5.91 Å². The zero-order chi connectivity index (χ0) is 13.5. The van der Waals surface area contributed by atoms with Gasteiger partial charge in [-0.25, -0.2) is 0 Å². The minimum Gasteiger partial charge on any atom is -0.504 e. The molecule has 5 nitrogen and oxygen atoms in total. The van der Waals surface area contributed by atoms with Gasteiger partial charge in [-0.1, -0.05) is 6.07 Å². The van der Waals surface area contributed by atoms with E-state index in [0.717, 1.165) is 5.56 Å². The van der Waals surface area contributed by atoms with Gasteiger partial charge < -0.3 is 20.1 Å². The first-order valence-electron chi connectivity index (χ1n) is 5.81. The average molecular weight is 252 g/mol. The van der Waals surface area contributed by atoms with Crippen molar-refractivity contribution in [3.63, 3.8) is 0 Å². The van der Waals surface area contributed by atoms with E-state index in [9.17, 15) is 9.90 Å². The number of hydrogen-bond donors (Lipinski definition) is 2. The van der Waals surface area contributed by atoms with E-state index in [4.69, 9.17) is 4.74 Å². The smallest absolute Gasteiger partial charge is 0.221 e. The van der Waals surface area contributed by atoms with Gasteiger partial charge in [0.15, 0.2) is 11.5 Å². The van der Waals surface area contributed by atoms with Crippen molar-refractivity contribution in [3.05, 3.63) is 23.8 Å². The van der Waals surface area contributed by atoms with Crippen LogP contribution in [0.4, 0.5) is 0 Å². The molecule has 0 radical (unpaired) electrons. The number of hydrogen-bond acceptors (Lipinski definition) is 4. The Balaban J connectivity index is 2.53. The summed E-state index contributed by atoms with van der Waals surface area (Å²) in [6.45, 7) is 1.39. The molecule has 0 aliphatic heterocycles. The molecular formula is C13H20N2O3. The second-order valence-electron chi connectivity index (χ2n) is 4.17. The molecule has 1 aromatic rings. The van der Waals surface area contributed by atoms with Crippen molar-refractivity contribution >= 4 is 5.91 Å². The van der Waals surface area contributed by atoms with Crippen LogP contribution < -0.4 is 10.1 Å². The second-order valence-corrected chi connectivity index (χ2v) is 4.17. The van der Waals surface area contributed by atoms with Crippen molar-refractivity contribution in [1.82, 2.24) is 10.2 Å². The molecule has 0 bridgehead atoms. The van der Waals surface area contributed by atoms with Gasteiger partial charge in [-0.3, -0.25) is 4.79 Å². The molecule has 18 heavy (non-hydrogen) atoms. The van der Waals surface area contributed by atoms with E-state index in [1.165, 1.54) is 7.11 Å². The Morgan fingerprint density at radius 2 is 2.22 bits per heavy atom. The van der Waals surface area contributed by atoms with E-state index in [-0.39, 0.29) is 11.7 Å². The molecular weight excluding hydrogens is 232 g/mol. The van der Waals surface area contributed by atoms with Crippen molar-refractivity contribution in [2.45, 2.75) is 13.0 Å². The third kappa shape index (κ3) is 4.25. The highest BCUT2D eigenvalue weighted by Gasteiger charge is 2.06. The number of nitrogens with one attached hydrogen (secondary N) is 1. The summed E-state index contributed by atoms with van der Waals surface area (Å²) in [5, 5.41) is 12.1. The molecule has 1 rings (SSSR count). The second kappa shape index (κ2) is 6.86. The van der Waals surface area contributed by atoms with E-state index >= 15 is 0 Å². The summed E-state index contributed by atoms with van der Waals surface area (Å²) < 4.78 is 5.05. The number of carbonyl (C=O) groups is 1. The Hall–Kier alpha value is -1.75. The van der Waals surface area contributed by atoms with Gasteiger partial charge in [-0.2, -0.15) is 0 Å². The molecule has 0 aliphatic carbocycles. The van der Waals surface area contributed by atoms with Crippen LogP contribution in [0.25, 0.3) is 0 Å². The van der Waals surface area contributed by atoms with Crippen molar-refractivity contribution in [3.8, 4) is 11.5 Å². The first kappa shape index (κ1) is 14.3. The van der Waals surface area contributed by atoms with Crippen LogP contribution >= 0.6 is 0 Å². The zero-order valence-corrected chi connectivity index (χ0v) is 11.1. The highest BCUT2D eigenvalue weighted by Crippen LogP contribution is 2.26. The fourth-order valence-corrected chi connectivity index (χ4v) is 1.63. The van der Waals surface area contributed by atoms with Crippen LogP contribution in [-0.2, 0) is 11.3 Å². The van der Waals surface area contributed by atoms with Crippen molar-refractivity contribution in [2.75, 3.05) is 27.7 Å². The minimum atomic E-state index is 0.0325. The van der Waals surface area contributed by atoms with Crippen LogP contribution in [0, 0.1) is 0 Å².